The van der Waals surface area contributed by atoms with Crippen LogP contribution in [-0.4, -0.2) is 9.78 Å². The molecule has 1 aromatic rings. The van der Waals surface area contributed by atoms with Crippen LogP contribution in [0.15, 0.2) is 4.47 Å². The van der Waals surface area contributed by atoms with E-state index in [1.807, 2.05) is 11.6 Å². The van der Waals surface area contributed by atoms with Gasteiger partial charge < -0.3 is 0 Å². The fourth-order valence-corrected chi connectivity index (χ4v) is 2.72. The van der Waals surface area contributed by atoms with Gasteiger partial charge in [-0.25, -0.2) is 0 Å². The van der Waals surface area contributed by atoms with Crippen LogP contribution in [0.25, 0.3) is 0 Å². The van der Waals surface area contributed by atoms with Crippen LogP contribution in [-0.2, 0) is 11.0 Å². The van der Waals surface area contributed by atoms with Crippen molar-refractivity contribution in [2.24, 2.45) is 0 Å². The minimum absolute atomic E-state index is 0.949. The standard InChI is InChI=1S/C7H10BrIN2/c1-3-11-6(4-9)7(8)5(2)10-11/h3-4H2,1-2H3. The lowest BCUT2D eigenvalue weighted by molar-refractivity contribution is 0.633. The van der Waals surface area contributed by atoms with Crippen molar-refractivity contribution in [2.75, 3.05) is 0 Å². The van der Waals surface area contributed by atoms with E-state index in [4.69, 9.17) is 0 Å². The molecule has 0 radical (unpaired) electrons. The van der Waals surface area contributed by atoms with Crippen LogP contribution in [0.4, 0.5) is 0 Å². The molecule has 11 heavy (non-hydrogen) atoms. The Morgan fingerprint density at radius 2 is 2.27 bits per heavy atom. The highest BCUT2D eigenvalue weighted by Gasteiger charge is 2.09. The zero-order valence-electron chi connectivity index (χ0n) is 6.56. The summed E-state index contributed by atoms with van der Waals surface area (Å²) in [5, 5.41) is 4.36. The van der Waals surface area contributed by atoms with Gasteiger partial charge in [-0.3, -0.25) is 4.68 Å². The van der Waals surface area contributed by atoms with Crippen LogP contribution in [0.1, 0.15) is 18.3 Å². The van der Waals surface area contributed by atoms with E-state index in [1.165, 1.54) is 5.69 Å². The summed E-state index contributed by atoms with van der Waals surface area (Å²) in [6.45, 7) is 5.07. The third-order valence-corrected chi connectivity index (χ3v) is 3.33. The minimum atomic E-state index is 0.949. The lowest BCUT2D eigenvalue weighted by Crippen LogP contribution is -2.00. The number of hydrogen-bond donors (Lipinski definition) is 0. The van der Waals surface area contributed by atoms with Crippen LogP contribution in [0.2, 0.25) is 0 Å². The lowest BCUT2D eigenvalue weighted by Gasteiger charge is -1.99. The number of alkyl halides is 1. The van der Waals surface area contributed by atoms with Crippen LogP contribution < -0.4 is 0 Å². The number of aromatic nitrogens is 2. The summed E-state index contributed by atoms with van der Waals surface area (Å²) in [6, 6.07) is 0. The van der Waals surface area contributed by atoms with Gasteiger partial charge in [0.2, 0.25) is 0 Å². The molecule has 0 bridgehead atoms. The molecule has 62 valence electrons. The molecule has 0 atom stereocenters. The van der Waals surface area contributed by atoms with Crippen molar-refractivity contribution in [3.63, 3.8) is 0 Å². The second-order valence-electron chi connectivity index (χ2n) is 2.30. The summed E-state index contributed by atoms with van der Waals surface area (Å²) in [4.78, 5) is 0. The summed E-state index contributed by atoms with van der Waals surface area (Å²) >= 11 is 5.86. The predicted molar refractivity (Wildman–Crippen MR) is 58.1 cm³/mol. The molecule has 0 aliphatic heterocycles. The Balaban J connectivity index is 3.15. The Hall–Kier alpha value is 0.420. The van der Waals surface area contributed by atoms with E-state index in [0.717, 1.165) is 21.1 Å². The van der Waals surface area contributed by atoms with Gasteiger partial charge in [-0.1, -0.05) is 22.6 Å². The molecule has 0 saturated carbocycles. The van der Waals surface area contributed by atoms with Gasteiger partial charge in [0.1, 0.15) is 0 Å². The highest BCUT2D eigenvalue weighted by Crippen LogP contribution is 2.22. The maximum Gasteiger partial charge on any atom is 0.0739 e. The predicted octanol–water partition coefficient (Wildman–Crippen LogP) is 2.91. The first kappa shape index (κ1) is 9.51. The average Bonchev–Trinajstić information content (AvgIpc) is 2.28. The van der Waals surface area contributed by atoms with E-state index in [0.29, 0.717) is 0 Å². The van der Waals surface area contributed by atoms with Gasteiger partial charge in [-0.2, -0.15) is 5.10 Å². The van der Waals surface area contributed by atoms with E-state index in [9.17, 15) is 0 Å². The molecular weight excluding hydrogens is 319 g/mol. The normalized spacial score (nSPS) is 10.5. The first-order valence-corrected chi connectivity index (χ1v) is 5.80. The molecule has 0 aromatic carbocycles. The van der Waals surface area contributed by atoms with Crippen LogP contribution in [0.5, 0.6) is 0 Å². The minimum Gasteiger partial charge on any atom is -0.268 e. The molecule has 0 fully saturated rings. The fourth-order valence-electron chi connectivity index (χ4n) is 0.997. The molecule has 0 spiro atoms. The molecule has 0 aliphatic carbocycles. The number of aryl methyl sites for hydroxylation is 2. The summed E-state index contributed by atoms with van der Waals surface area (Å²) in [7, 11) is 0. The number of nitrogens with zero attached hydrogens (tertiary/aromatic N) is 2. The topological polar surface area (TPSA) is 17.8 Å². The maximum absolute atomic E-state index is 4.36. The highest BCUT2D eigenvalue weighted by atomic mass is 127. The van der Waals surface area contributed by atoms with E-state index in [2.05, 4.69) is 50.5 Å². The summed E-state index contributed by atoms with van der Waals surface area (Å²) < 4.78 is 4.20. The van der Waals surface area contributed by atoms with Crippen LogP contribution in [0, 0.1) is 6.92 Å². The second-order valence-corrected chi connectivity index (χ2v) is 3.85. The summed E-state index contributed by atoms with van der Waals surface area (Å²) in [5.41, 5.74) is 2.36. The number of rotatable bonds is 2. The monoisotopic (exact) mass is 328 g/mol. The third kappa shape index (κ3) is 1.77. The molecule has 0 saturated heterocycles. The van der Waals surface area contributed by atoms with Crippen LogP contribution >= 0.6 is 38.5 Å². The van der Waals surface area contributed by atoms with E-state index in [-0.39, 0.29) is 0 Å². The Kier molecular flexibility index (Phi) is 3.36. The molecule has 2 nitrogen and oxygen atoms in total. The molecule has 4 heteroatoms. The second kappa shape index (κ2) is 3.89. The third-order valence-electron chi connectivity index (χ3n) is 1.58. The number of halogens is 2. The van der Waals surface area contributed by atoms with Crippen molar-refractivity contribution >= 4 is 38.5 Å². The van der Waals surface area contributed by atoms with Gasteiger partial charge in [0.15, 0.2) is 0 Å². The molecule has 0 unspecified atom stereocenters. The smallest absolute Gasteiger partial charge is 0.0739 e. The Morgan fingerprint density at radius 1 is 1.64 bits per heavy atom. The summed E-state index contributed by atoms with van der Waals surface area (Å²) in [6.07, 6.45) is 0. The van der Waals surface area contributed by atoms with Crippen molar-refractivity contribution in [2.45, 2.75) is 24.8 Å². The fraction of sp³-hybridized carbons (Fsp3) is 0.571. The molecular formula is C7H10BrIN2. The van der Waals surface area contributed by atoms with Crippen molar-refractivity contribution in [3.05, 3.63) is 15.9 Å². The van der Waals surface area contributed by atoms with Crippen LogP contribution in [0.3, 0.4) is 0 Å². The lowest BCUT2D eigenvalue weighted by atomic mass is 10.4. The number of hydrogen-bond acceptors (Lipinski definition) is 1. The van der Waals surface area contributed by atoms with E-state index >= 15 is 0 Å². The molecule has 1 heterocycles. The van der Waals surface area contributed by atoms with Gasteiger partial charge in [0.05, 0.1) is 15.9 Å². The van der Waals surface area contributed by atoms with Crippen molar-refractivity contribution in [3.8, 4) is 0 Å². The molecule has 0 aliphatic rings. The zero-order valence-corrected chi connectivity index (χ0v) is 10.3. The Labute approximate surface area is 88.6 Å². The van der Waals surface area contributed by atoms with Gasteiger partial charge >= 0.3 is 0 Å². The molecule has 0 amide bonds. The first-order chi connectivity index (χ1) is 5.20. The van der Waals surface area contributed by atoms with E-state index < -0.39 is 0 Å². The van der Waals surface area contributed by atoms with Gasteiger partial charge in [0, 0.05) is 11.0 Å². The zero-order chi connectivity index (χ0) is 8.43. The Bertz CT molecular complexity index is 257. The largest absolute Gasteiger partial charge is 0.268 e. The Morgan fingerprint density at radius 3 is 2.64 bits per heavy atom. The van der Waals surface area contributed by atoms with Gasteiger partial charge in [-0.05, 0) is 29.8 Å². The first-order valence-electron chi connectivity index (χ1n) is 3.48. The maximum atomic E-state index is 4.36. The van der Waals surface area contributed by atoms with E-state index in [1.54, 1.807) is 0 Å². The van der Waals surface area contributed by atoms with Crippen molar-refractivity contribution in [1.82, 2.24) is 9.78 Å². The average molecular weight is 329 g/mol. The summed E-state index contributed by atoms with van der Waals surface area (Å²) in [5.74, 6) is 0. The van der Waals surface area contributed by atoms with Crippen molar-refractivity contribution < 1.29 is 0 Å². The molecule has 1 aromatic heterocycles. The van der Waals surface area contributed by atoms with Crippen molar-refractivity contribution in [1.29, 1.82) is 0 Å². The van der Waals surface area contributed by atoms with Gasteiger partial charge in [-0.15, -0.1) is 0 Å². The molecule has 0 N–H and O–H groups in total. The SMILES string of the molecule is CCn1nc(C)c(Br)c1CI. The van der Waals surface area contributed by atoms with Gasteiger partial charge in [0.25, 0.3) is 0 Å². The highest BCUT2D eigenvalue weighted by molar-refractivity contribution is 14.1. The quantitative estimate of drug-likeness (QED) is 0.603. The molecule has 1 rings (SSSR count).